The molecule has 0 saturated heterocycles. The van der Waals surface area contributed by atoms with Gasteiger partial charge < -0.3 is 19.1 Å². The van der Waals surface area contributed by atoms with Gasteiger partial charge in [0, 0.05) is 31.2 Å². The summed E-state index contributed by atoms with van der Waals surface area (Å²) in [5.74, 6) is -0.438. The van der Waals surface area contributed by atoms with Crippen molar-refractivity contribution in [2.75, 3.05) is 0 Å². The van der Waals surface area contributed by atoms with E-state index in [9.17, 15) is 9.59 Å². The maximum Gasteiger partial charge on any atom is 0.252 e. The van der Waals surface area contributed by atoms with Gasteiger partial charge in [0.1, 0.15) is 11.5 Å². The molecule has 12 rings (SSSR count). The quantitative estimate of drug-likeness (QED) is 0.165. The van der Waals surface area contributed by atoms with Gasteiger partial charge in [0.15, 0.2) is 12.2 Å². The van der Waals surface area contributed by atoms with Gasteiger partial charge in [-0.15, -0.1) is 0 Å². The molecule has 0 fully saturated rings. The van der Waals surface area contributed by atoms with Gasteiger partial charge in [-0.3, -0.25) is 9.59 Å². The second-order valence-electron chi connectivity index (χ2n) is 17.2. The Balaban J connectivity index is 0.000000152. The molecule has 0 aromatic heterocycles. The number of fused-ring (bicyclic) bond motifs is 2. The monoisotopic (exact) mass is 998 g/mol. The number of carbonyl (C=O) groups is 2. The summed E-state index contributed by atoms with van der Waals surface area (Å²) in [5, 5.41) is 11.5. The Kier molecular flexibility index (Phi) is 12.0. The molecule has 0 unspecified atom stereocenters. The molecule has 0 saturated carbocycles. The molecule has 4 aliphatic heterocycles. The van der Waals surface area contributed by atoms with Crippen LogP contribution < -0.4 is 9.47 Å². The van der Waals surface area contributed by atoms with Gasteiger partial charge in [-0.05, 0) is 95.1 Å². The van der Waals surface area contributed by atoms with E-state index in [0.717, 1.165) is 33.4 Å². The number of nitrogens with zero attached hydrogens (tertiary/aromatic N) is 2. The molecule has 0 amide bonds. The topological polar surface area (TPSA) is 95.8 Å². The fraction of sp³-hybridized carbons (Fsp3) is 0.103. The Morgan fingerprint density at radius 3 is 1.03 bits per heavy atom. The summed E-state index contributed by atoms with van der Waals surface area (Å²) < 4.78 is 13.1. The van der Waals surface area contributed by atoms with E-state index in [1.165, 1.54) is 0 Å². The molecule has 4 heterocycles. The first-order valence-electron chi connectivity index (χ1n) is 22.4. The van der Waals surface area contributed by atoms with E-state index < -0.39 is 35.2 Å². The average molecular weight is 1000 g/mol. The van der Waals surface area contributed by atoms with E-state index in [1.54, 1.807) is 36.4 Å². The number of ketones is 2. The fourth-order valence-corrected chi connectivity index (χ4v) is 10.4. The third-order valence-electron chi connectivity index (χ3n) is 13.1. The lowest BCUT2D eigenvalue weighted by molar-refractivity contribution is -0.0853. The molecule has 0 aliphatic carbocycles. The van der Waals surface area contributed by atoms with E-state index in [-0.39, 0.29) is 11.6 Å². The third kappa shape index (κ3) is 7.81. The average Bonchev–Trinajstić information content (AvgIpc) is 3.99. The fourth-order valence-electron chi connectivity index (χ4n) is 9.90. The molecule has 70 heavy (non-hydrogen) atoms. The van der Waals surface area contributed by atoms with Crippen LogP contribution in [-0.2, 0) is 9.68 Å². The lowest BCUT2D eigenvalue weighted by Gasteiger charge is -2.42. The first-order chi connectivity index (χ1) is 34.2. The van der Waals surface area contributed by atoms with Crippen molar-refractivity contribution in [3.63, 3.8) is 0 Å². The highest BCUT2D eigenvalue weighted by atomic mass is 35.5. The van der Waals surface area contributed by atoms with Crippen LogP contribution in [-0.4, -0.2) is 34.2 Å². The maximum absolute atomic E-state index is 14.4. The van der Waals surface area contributed by atoms with Crippen LogP contribution >= 0.6 is 46.4 Å². The number of rotatable bonds is 6. The van der Waals surface area contributed by atoms with Gasteiger partial charge in [-0.1, -0.05) is 190 Å². The summed E-state index contributed by atoms with van der Waals surface area (Å²) in [6.07, 6.45) is -1.47. The second-order valence-corrected chi connectivity index (χ2v) is 18.9. The number of halogens is 4. The molecule has 12 heteroatoms. The number of oxime groups is 2. The highest BCUT2D eigenvalue weighted by molar-refractivity contribution is 6.32. The Labute approximate surface area is 423 Å². The van der Waals surface area contributed by atoms with Crippen molar-refractivity contribution in [1.29, 1.82) is 0 Å². The van der Waals surface area contributed by atoms with Crippen LogP contribution in [0.3, 0.4) is 0 Å². The number of carbonyl (C=O) groups excluding carboxylic acids is 2. The smallest absolute Gasteiger partial charge is 0.252 e. The maximum atomic E-state index is 14.4. The molecule has 8 aromatic rings. The van der Waals surface area contributed by atoms with E-state index >= 15 is 0 Å². The first-order valence-corrected chi connectivity index (χ1v) is 23.9. The number of hydrogen-bond acceptors (Lipinski definition) is 8. The van der Waals surface area contributed by atoms with Gasteiger partial charge in [-0.2, -0.15) is 0 Å². The molecule has 0 bridgehead atoms. The highest BCUT2D eigenvalue weighted by Gasteiger charge is 2.66. The molecular weight excluding hydrogens is 962 g/mol. The molecule has 2 spiro atoms. The van der Waals surface area contributed by atoms with Gasteiger partial charge in [-0.25, -0.2) is 0 Å². The zero-order valence-corrected chi connectivity index (χ0v) is 39.8. The molecule has 6 atom stereocenters. The van der Waals surface area contributed by atoms with Crippen LogP contribution in [0.4, 0.5) is 0 Å². The standard InChI is InChI=1S/2C29H19Cl2NO3/c2*30-21-14-10-18(11-15-21)25-26(19-12-16-22(31)17-13-19)32-35-29(25)27(33)23-8-4-5-9-24(23)34-28(29)20-6-2-1-3-7-20/h2*1-17,25,28H/t2*25-,28+,29-/m11/s1. The first kappa shape index (κ1) is 45.3. The predicted octanol–water partition coefficient (Wildman–Crippen LogP) is 14.5. The minimum absolute atomic E-state index is 0.180. The minimum atomic E-state index is -1.46. The number of ether oxygens (including phenoxy) is 2. The molecule has 0 radical (unpaired) electrons. The summed E-state index contributed by atoms with van der Waals surface area (Å²) in [6, 6.07) is 63.4. The number of para-hydroxylation sites is 2. The van der Waals surface area contributed by atoms with Gasteiger partial charge in [0.2, 0.25) is 11.6 Å². The molecule has 0 N–H and O–H groups in total. The van der Waals surface area contributed by atoms with Crippen LogP contribution in [0.25, 0.3) is 0 Å². The Morgan fingerprint density at radius 2 is 0.671 bits per heavy atom. The summed E-state index contributed by atoms with van der Waals surface area (Å²) >= 11 is 24.7. The predicted molar refractivity (Wildman–Crippen MR) is 273 cm³/mol. The van der Waals surface area contributed by atoms with Crippen LogP contribution in [0.5, 0.6) is 11.5 Å². The van der Waals surface area contributed by atoms with Gasteiger partial charge in [0.25, 0.3) is 11.2 Å². The molecule has 4 aliphatic rings. The SMILES string of the molecule is O=C1c2ccccc2O[C@@H](c2ccccc2)[C@]12ON=C(c1ccc(Cl)cc1)[C@H]2c1ccc(Cl)cc1.O=C1c2ccccc2O[C@@H](c2ccccc2)[C@]12ON=C(c1ccc(Cl)cc1)[C@H]2c1ccc(Cl)cc1. The molecule has 344 valence electrons. The molecule has 8 nitrogen and oxygen atoms in total. The lowest BCUT2D eigenvalue weighted by atomic mass is 9.68. The zero-order valence-electron chi connectivity index (χ0n) is 36.8. The van der Waals surface area contributed by atoms with Crippen LogP contribution in [0.2, 0.25) is 20.1 Å². The summed E-state index contributed by atoms with van der Waals surface area (Å²) in [5.41, 5.74) is 4.21. The third-order valence-corrected chi connectivity index (χ3v) is 14.1. The van der Waals surface area contributed by atoms with Crippen molar-refractivity contribution in [3.8, 4) is 11.5 Å². The highest BCUT2D eigenvalue weighted by Crippen LogP contribution is 2.56. The van der Waals surface area contributed by atoms with Gasteiger partial charge in [0.05, 0.1) is 34.4 Å². The second kappa shape index (κ2) is 18.6. The summed E-state index contributed by atoms with van der Waals surface area (Å²) in [7, 11) is 0. The van der Waals surface area contributed by atoms with Crippen molar-refractivity contribution < 1.29 is 28.7 Å². The van der Waals surface area contributed by atoms with Crippen molar-refractivity contribution in [1.82, 2.24) is 0 Å². The molecule has 8 aromatic carbocycles. The van der Waals surface area contributed by atoms with Crippen molar-refractivity contribution in [3.05, 3.63) is 271 Å². The number of Topliss-reactive ketones (excluding diaryl/α,β-unsaturated/α-hetero) is 2. The number of benzene rings is 8. The largest absolute Gasteiger partial charge is 0.480 e. The van der Waals surface area contributed by atoms with Crippen molar-refractivity contribution in [2.45, 2.75) is 35.2 Å². The number of hydrogen-bond donors (Lipinski definition) is 0. The van der Waals surface area contributed by atoms with Crippen LogP contribution in [0, 0.1) is 0 Å². The van der Waals surface area contributed by atoms with Crippen LogP contribution in [0.15, 0.2) is 217 Å². The summed E-state index contributed by atoms with van der Waals surface area (Å²) in [4.78, 5) is 41.3. The normalized spacial score (nSPS) is 22.8. The van der Waals surface area contributed by atoms with E-state index in [0.29, 0.717) is 54.1 Å². The minimum Gasteiger partial charge on any atom is -0.480 e. The Morgan fingerprint density at radius 1 is 0.357 bits per heavy atom. The van der Waals surface area contributed by atoms with Crippen LogP contribution in [0.1, 0.15) is 78.1 Å². The van der Waals surface area contributed by atoms with Crippen molar-refractivity contribution >= 4 is 69.4 Å². The zero-order chi connectivity index (χ0) is 48.0. The van der Waals surface area contributed by atoms with E-state index in [2.05, 4.69) is 10.3 Å². The lowest BCUT2D eigenvalue weighted by Crippen LogP contribution is -2.54. The van der Waals surface area contributed by atoms with Crippen molar-refractivity contribution in [2.24, 2.45) is 10.3 Å². The Bertz CT molecular complexity index is 3090. The summed E-state index contributed by atoms with van der Waals surface area (Å²) in [6.45, 7) is 0. The van der Waals surface area contributed by atoms with Gasteiger partial charge >= 0.3 is 0 Å². The van der Waals surface area contributed by atoms with E-state index in [4.69, 9.17) is 65.6 Å². The molecular formula is C58H38Cl4N2O6. The Hall–Kier alpha value is -7.20. The van der Waals surface area contributed by atoms with E-state index in [1.807, 2.05) is 170 Å².